The van der Waals surface area contributed by atoms with Gasteiger partial charge in [0.1, 0.15) is 0 Å². The molecule has 7 heteroatoms. The maximum atomic E-state index is 11.9. The molecule has 0 atom stereocenters. The molecule has 1 aromatic rings. The van der Waals surface area contributed by atoms with Crippen molar-refractivity contribution in [3.8, 4) is 0 Å². The Balaban J connectivity index is 2.99. The van der Waals surface area contributed by atoms with Crippen molar-refractivity contribution in [2.75, 3.05) is 6.61 Å². The van der Waals surface area contributed by atoms with Gasteiger partial charge in [-0.3, -0.25) is 0 Å². The smallest absolute Gasteiger partial charge is 0.338 e. The van der Waals surface area contributed by atoms with E-state index in [9.17, 15) is 13.2 Å². The van der Waals surface area contributed by atoms with E-state index in [4.69, 9.17) is 21.5 Å². The van der Waals surface area contributed by atoms with Gasteiger partial charge >= 0.3 is 5.97 Å². The van der Waals surface area contributed by atoms with Crippen LogP contribution >= 0.6 is 11.6 Å². The minimum absolute atomic E-state index is 0.123. The highest BCUT2D eigenvalue weighted by Crippen LogP contribution is 2.24. The molecular formula is C13H18ClNO4S. The van der Waals surface area contributed by atoms with Crippen LogP contribution in [0.1, 0.15) is 42.1 Å². The second-order valence-electron chi connectivity index (χ2n) is 4.47. The van der Waals surface area contributed by atoms with Crippen LogP contribution in [0.4, 0.5) is 0 Å². The zero-order valence-corrected chi connectivity index (χ0v) is 13.1. The fourth-order valence-corrected chi connectivity index (χ4v) is 2.47. The van der Waals surface area contributed by atoms with Crippen molar-refractivity contribution in [1.82, 2.24) is 0 Å². The highest BCUT2D eigenvalue weighted by atomic mass is 35.5. The first-order chi connectivity index (χ1) is 9.27. The van der Waals surface area contributed by atoms with Gasteiger partial charge in [0.15, 0.2) is 0 Å². The summed E-state index contributed by atoms with van der Waals surface area (Å²) in [5.41, 5.74) is 0.595. The monoisotopic (exact) mass is 319 g/mol. The molecule has 0 fully saturated rings. The largest absolute Gasteiger partial charge is 0.462 e. The van der Waals surface area contributed by atoms with Crippen molar-refractivity contribution in [2.45, 2.75) is 38.0 Å². The van der Waals surface area contributed by atoms with Crippen LogP contribution in [0.3, 0.4) is 0 Å². The minimum atomic E-state index is -3.92. The van der Waals surface area contributed by atoms with Gasteiger partial charge in [0.25, 0.3) is 0 Å². The maximum Gasteiger partial charge on any atom is 0.338 e. The molecular weight excluding hydrogens is 302 g/mol. The van der Waals surface area contributed by atoms with E-state index in [0.717, 1.165) is 19.3 Å². The molecule has 0 unspecified atom stereocenters. The molecule has 112 valence electrons. The normalized spacial score (nSPS) is 11.4. The molecule has 0 aliphatic heterocycles. The number of primary sulfonamides is 1. The van der Waals surface area contributed by atoms with Gasteiger partial charge in [0.05, 0.1) is 17.1 Å². The van der Waals surface area contributed by atoms with Crippen molar-refractivity contribution in [3.63, 3.8) is 0 Å². The van der Waals surface area contributed by atoms with Crippen molar-refractivity contribution in [2.24, 2.45) is 5.14 Å². The summed E-state index contributed by atoms with van der Waals surface area (Å²) in [5, 5.41) is 5.21. The molecule has 0 bridgehead atoms. The van der Waals surface area contributed by atoms with Gasteiger partial charge in [-0.1, -0.05) is 31.4 Å². The number of sulfonamides is 1. The fourth-order valence-electron chi connectivity index (χ4n) is 1.62. The second-order valence-corrected chi connectivity index (χ2v) is 6.43. The SMILES string of the molecule is CCCCCOC(=O)c1cc(S(N)(=O)=O)cc(Cl)c1C. The quantitative estimate of drug-likeness (QED) is 0.645. The number of ether oxygens (including phenoxy) is 1. The summed E-state index contributed by atoms with van der Waals surface area (Å²) in [6.07, 6.45) is 2.75. The number of carbonyl (C=O) groups excluding carboxylic acids is 1. The third kappa shape index (κ3) is 4.47. The predicted molar refractivity (Wildman–Crippen MR) is 77.4 cm³/mol. The first kappa shape index (κ1) is 16.9. The molecule has 0 heterocycles. The van der Waals surface area contributed by atoms with E-state index < -0.39 is 16.0 Å². The van der Waals surface area contributed by atoms with Crippen LogP contribution in [-0.2, 0) is 14.8 Å². The molecule has 0 radical (unpaired) electrons. The van der Waals surface area contributed by atoms with Crippen LogP contribution in [0.2, 0.25) is 5.02 Å². The van der Waals surface area contributed by atoms with E-state index in [1.807, 2.05) is 6.92 Å². The van der Waals surface area contributed by atoms with E-state index in [1.165, 1.54) is 12.1 Å². The van der Waals surface area contributed by atoms with E-state index in [2.05, 4.69) is 0 Å². The molecule has 0 aliphatic carbocycles. The van der Waals surface area contributed by atoms with Crippen molar-refractivity contribution >= 4 is 27.6 Å². The molecule has 5 nitrogen and oxygen atoms in total. The summed E-state index contributed by atoms with van der Waals surface area (Å²) in [7, 11) is -3.92. The van der Waals surface area contributed by atoms with Gasteiger partial charge in [-0.2, -0.15) is 0 Å². The summed E-state index contributed by atoms with van der Waals surface area (Å²) in [5.74, 6) is -0.592. The lowest BCUT2D eigenvalue weighted by atomic mass is 10.1. The Morgan fingerprint density at radius 2 is 2.00 bits per heavy atom. The lowest BCUT2D eigenvalue weighted by molar-refractivity contribution is 0.0497. The van der Waals surface area contributed by atoms with E-state index in [-0.39, 0.29) is 15.5 Å². The Morgan fingerprint density at radius 1 is 1.35 bits per heavy atom. The molecule has 1 rings (SSSR count). The third-order valence-corrected chi connectivity index (χ3v) is 4.13. The number of halogens is 1. The van der Waals surface area contributed by atoms with Crippen molar-refractivity contribution < 1.29 is 17.9 Å². The average molecular weight is 320 g/mol. The van der Waals surface area contributed by atoms with Gasteiger partial charge in [-0.15, -0.1) is 0 Å². The number of carbonyl (C=O) groups is 1. The zero-order chi connectivity index (χ0) is 15.3. The lowest BCUT2D eigenvalue weighted by Gasteiger charge is -2.10. The molecule has 20 heavy (non-hydrogen) atoms. The number of rotatable bonds is 6. The molecule has 2 N–H and O–H groups in total. The van der Waals surface area contributed by atoms with E-state index in [0.29, 0.717) is 12.2 Å². The van der Waals surface area contributed by atoms with Crippen LogP contribution in [-0.4, -0.2) is 21.0 Å². The van der Waals surface area contributed by atoms with Gasteiger partial charge in [-0.25, -0.2) is 18.4 Å². The number of unbranched alkanes of at least 4 members (excludes halogenated alkanes) is 2. The Labute approximate surface area is 124 Å². The topological polar surface area (TPSA) is 86.5 Å². The standard InChI is InChI=1S/C13H18ClNO4S/c1-3-4-5-6-19-13(16)11-7-10(20(15,17)18)8-12(14)9(11)2/h7-8H,3-6H2,1-2H3,(H2,15,17,18). The summed E-state index contributed by atoms with van der Waals surface area (Å²) >= 11 is 5.93. The Hall–Kier alpha value is -1.11. The summed E-state index contributed by atoms with van der Waals surface area (Å²) < 4.78 is 27.8. The first-order valence-electron chi connectivity index (χ1n) is 6.27. The number of esters is 1. The number of benzene rings is 1. The molecule has 0 spiro atoms. The first-order valence-corrected chi connectivity index (χ1v) is 8.20. The molecule has 0 saturated heterocycles. The fraction of sp³-hybridized carbons (Fsp3) is 0.462. The molecule has 0 aromatic heterocycles. The highest BCUT2D eigenvalue weighted by molar-refractivity contribution is 7.89. The highest BCUT2D eigenvalue weighted by Gasteiger charge is 2.18. The predicted octanol–water partition coefficient (Wildman–Crippen LogP) is 2.64. The van der Waals surface area contributed by atoms with Crippen LogP contribution < -0.4 is 5.14 Å². The summed E-state index contributed by atoms with van der Waals surface area (Å²) in [6.45, 7) is 3.96. The third-order valence-electron chi connectivity index (χ3n) is 2.85. The van der Waals surface area contributed by atoms with Crippen LogP contribution in [0.5, 0.6) is 0 Å². The average Bonchev–Trinajstić information content (AvgIpc) is 2.36. The Bertz CT molecular complexity index is 599. The molecule has 0 amide bonds. The zero-order valence-electron chi connectivity index (χ0n) is 11.5. The van der Waals surface area contributed by atoms with E-state index >= 15 is 0 Å². The maximum absolute atomic E-state index is 11.9. The molecule has 1 aromatic carbocycles. The van der Waals surface area contributed by atoms with Gasteiger partial charge in [0, 0.05) is 5.02 Å². The number of nitrogens with two attached hydrogens (primary N) is 1. The number of hydrogen-bond acceptors (Lipinski definition) is 4. The molecule has 0 aliphatic rings. The van der Waals surface area contributed by atoms with Crippen LogP contribution in [0, 0.1) is 6.92 Å². The van der Waals surface area contributed by atoms with Gasteiger partial charge in [0.2, 0.25) is 10.0 Å². The second kappa shape index (κ2) is 7.06. The summed E-state index contributed by atoms with van der Waals surface area (Å²) in [4.78, 5) is 11.7. The van der Waals surface area contributed by atoms with Gasteiger partial charge in [-0.05, 0) is 31.0 Å². The molecule has 0 saturated carbocycles. The summed E-state index contributed by atoms with van der Waals surface area (Å²) in [6, 6.07) is 2.42. The van der Waals surface area contributed by atoms with E-state index in [1.54, 1.807) is 6.92 Å². The number of hydrogen-bond donors (Lipinski definition) is 1. The Morgan fingerprint density at radius 3 is 2.55 bits per heavy atom. The lowest BCUT2D eigenvalue weighted by Crippen LogP contribution is -2.15. The van der Waals surface area contributed by atoms with Gasteiger partial charge < -0.3 is 4.74 Å². The minimum Gasteiger partial charge on any atom is -0.462 e. The Kier molecular flexibility index (Phi) is 5.98. The van der Waals surface area contributed by atoms with Crippen LogP contribution in [0.15, 0.2) is 17.0 Å². The van der Waals surface area contributed by atoms with Crippen molar-refractivity contribution in [1.29, 1.82) is 0 Å². The van der Waals surface area contributed by atoms with Crippen LogP contribution in [0.25, 0.3) is 0 Å². The van der Waals surface area contributed by atoms with Crippen molar-refractivity contribution in [3.05, 3.63) is 28.3 Å².